The Balaban J connectivity index is 1.13. The molecule has 2 bridgehead atoms. The Kier molecular flexibility index (Phi) is 9.93. The van der Waals surface area contributed by atoms with E-state index in [-0.39, 0.29) is 27.3 Å². The minimum atomic E-state index is -1.90. The summed E-state index contributed by atoms with van der Waals surface area (Å²) in [5, 5.41) is 16.3. The maximum Gasteiger partial charge on any atom is 0.231 e. The first-order chi connectivity index (χ1) is 22.7. The van der Waals surface area contributed by atoms with Gasteiger partial charge in [-0.1, -0.05) is 32.4 Å². The topological polar surface area (TPSA) is 108 Å². The lowest BCUT2D eigenvalue weighted by atomic mass is 9.34. The van der Waals surface area contributed by atoms with Crippen LogP contribution in [0.25, 0.3) is 11.3 Å². The molecule has 0 radical (unpaired) electrons. The zero-order chi connectivity index (χ0) is 34.3. The van der Waals surface area contributed by atoms with Crippen molar-refractivity contribution in [3.8, 4) is 11.3 Å². The first-order valence-corrected chi connectivity index (χ1v) is 20.8. The van der Waals surface area contributed by atoms with E-state index >= 15 is 0 Å². The number of aromatic nitrogens is 4. The van der Waals surface area contributed by atoms with Gasteiger partial charge in [0.2, 0.25) is 5.91 Å². The molecule has 1 amide bonds. The molecule has 2 N–H and O–H groups in total. The molecule has 48 heavy (non-hydrogen) atoms. The molecule has 0 atom stereocenters. The molecule has 1 aliphatic heterocycles. The van der Waals surface area contributed by atoms with Crippen molar-refractivity contribution < 1.29 is 13.6 Å². The highest BCUT2D eigenvalue weighted by atomic mass is 35.5. The third-order valence-electron chi connectivity index (χ3n) is 10.5. The third kappa shape index (κ3) is 7.56. The number of anilines is 3. The number of rotatable bonds is 12. The van der Waals surface area contributed by atoms with Gasteiger partial charge in [-0.15, -0.1) is 22.0 Å². The van der Waals surface area contributed by atoms with Gasteiger partial charge in [0, 0.05) is 61.7 Å². The number of amides is 1. The van der Waals surface area contributed by atoms with Crippen molar-refractivity contribution in [1.82, 2.24) is 30.0 Å². The average molecular weight is 713 g/mol. The second-order valence-electron chi connectivity index (χ2n) is 15.3. The molecular formula is C34H46ClFN8O2SSi. The van der Waals surface area contributed by atoms with Crippen LogP contribution < -0.4 is 10.6 Å². The van der Waals surface area contributed by atoms with Crippen LogP contribution in [0, 0.1) is 16.6 Å². The molecule has 3 saturated carbocycles. The van der Waals surface area contributed by atoms with Gasteiger partial charge in [0.05, 0.1) is 16.8 Å². The summed E-state index contributed by atoms with van der Waals surface area (Å²) in [6.07, 6.45) is 4.21. The number of benzene rings is 1. The van der Waals surface area contributed by atoms with Crippen LogP contribution in [-0.4, -0.2) is 96.3 Å². The van der Waals surface area contributed by atoms with Crippen molar-refractivity contribution in [2.75, 3.05) is 62.8 Å². The van der Waals surface area contributed by atoms with Crippen molar-refractivity contribution in [3.05, 3.63) is 47.5 Å². The monoisotopic (exact) mass is 712 g/mol. The summed E-state index contributed by atoms with van der Waals surface area (Å²) in [6.45, 7) is 17.2. The van der Waals surface area contributed by atoms with E-state index < -0.39 is 14.1 Å². The van der Waals surface area contributed by atoms with E-state index in [2.05, 4.69) is 81.5 Å². The lowest BCUT2D eigenvalue weighted by Crippen LogP contribution is -2.70. The van der Waals surface area contributed by atoms with Gasteiger partial charge in [-0.3, -0.25) is 4.79 Å². The Morgan fingerprint density at radius 1 is 1.06 bits per heavy atom. The van der Waals surface area contributed by atoms with Crippen molar-refractivity contribution >= 4 is 54.9 Å². The van der Waals surface area contributed by atoms with Gasteiger partial charge in [-0.2, -0.15) is 0 Å². The molecule has 0 unspecified atom stereocenters. The van der Waals surface area contributed by atoms with Crippen LogP contribution in [0.1, 0.15) is 40.0 Å². The predicted octanol–water partition coefficient (Wildman–Crippen LogP) is 6.94. The van der Waals surface area contributed by atoms with Gasteiger partial charge >= 0.3 is 0 Å². The number of hydrogen-bond acceptors (Lipinski definition) is 10. The van der Waals surface area contributed by atoms with Crippen LogP contribution in [0.3, 0.4) is 0 Å². The Morgan fingerprint density at radius 3 is 2.48 bits per heavy atom. The standard InChI is InChI=1S/C34H46ClFN8O2SSi/c1-32(2,3)48(5,6)46-13-14-47-30-27(16-26(41-42-30)24-15-23(35)7-8-25(24)36)39-28-17-29(38-22-37-28)40-31(45)34-18-33(19-34,20-34)21-44-11-9-43(4)10-12-44/h7-8,15-17,22H,9-14,18-21H2,1-6H3,(H2,37,38,39,40,41,45). The first-order valence-electron chi connectivity index (χ1n) is 16.6. The predicted molar refractivity (Wildman–Crippen MR) is 193 cm³/mol. The number of nitrogens with one attached hydrogen (secondary N) is 2. The second-order valence-corrected chi connectivity index (χ2v) is 21.6. The highest BCUT2D eigenvalue weighted by Gasteiger charge is 2.71. The lowest BCUT2D eigenvalue weighted by Gasteiger charge is -2.70. The molecule has 3 heterocycles. The lowest BCUT2D eigenvalue weighted by molar-refractivity contribution is -0.210. The number of piperazine rings is 1. The van der Waals surface area contributed by atoms with Gasteiger partial charge in [-0.05, 0) is 74.1 Å². The van der Waals surface area contributed by atoms with Crippen LogP contribution in [-0.2, 0) is 9.22 Å². The fourth-order valence-corrected chi connectivity index (χ4v) is 8.91. The van der Waals surface area contributed by atoms with Gasteiger partial charge < -0.3 is 24.9 Å². The molecule has 4 aliphatic rings. The van der Waals surface area contributed by atoms with E-state index in [1.165, 1.54) is 36.3 Å². The fourth-order valence-electron chi connectivity index (χ4n) is 6.82. The summed E-state index contributed by atoms with van der Waals surface area (Å²) in [5.41, 5.74) is 1.15. The highest BCUT2D eigenvalue weighted by Crippen LogP contribution is 2.73. The zero-order valence-electron chi connectivity index (χ0n) is 28.7. The van der Waals surface area contributed by atoms with Gasteiger partial charge in [0.1, 0.15) is 28.8 Å². The molecule has 1 saturated heterocycles. The molecular weight excluding hydrogens is 667 g/mol. The van der Waals surface area contributed by atoms with Crippen LogP contribution in [0.5, 0.6) is 0 Å². The molecule has 258 valence electrons. The fraction of sp³-hybridized carbons (Fsp3) is 0.559. The summed E-state index contributed by atoms with van der Waals surface area (Å²) in [4.78, 5) is 27.1. The number of halogens is 2. The van der Waals surface area contributed by atoms with Gasteiger partial charge in [-0.25, -0.2) is 14.4 Å². The molecule has 14 heteroatoms. The van der Waals surface area contributed by atoms with Gasteiger partial charge in [0.25, 0.3) is 0 Å². The summed E-state index contributed by atoms with van der Waals surface area (Å²) in [6, 6.07) is 7.78. The summed E-state index contributed by atoms with van der Waals surface area (Å²) in [7, 11) is 0.268. The number of carbonyl (C=O) groups is 1. The van der Waals surface area contributed by atoms with Crippen LogP contribution in [0.15, 0.2) is 41.7 Å². The number of nitrogens with zero attached hydrogens (tertiary/aromatic N) is 6. The van der Waals surface area contributed by atoms with Crippen molar-refractivity contribution in [2.45, 2.75) is 63.2 Å². The second kappa shape index (κ2) is 13.6. The summed E-state index contributed by atoms with van der Waals surface area (Å²) in [5.74, 6) is 1.12. The van der Waals surface area contributed by atoms with Crippen molar-refractivity contribution in [3.63, 3.8) is 0 Å². The smallest absolute Gasteiger partial charge is 0.231 e. The maximum absolute atomic E-state index is 14.8. The molecule has 3 aromatic rings. The molecule has 4 fully saturated rings. The maximum atomic E-state index is 14.8. The molecule has 3 aliphatic carbocycles. The SMILES string of the molecule is CN1CCN(CC23CC(C(=O)Nc4cc(Nc5cc(-c6cc(Cl)ccc6F)nnc5SCCO[Si](C)(C)C(C)(C)C)ncn4)(C2)C3)CC1. The average Bonchev–Trinajstić information content (AvgIpc) is 2.98. The van der Waals surface area contributed by atoms with Crippen LogP contribution in [0.4, 0.5) is 21.7 Å². The first kappa shape index (κ1) is 35.2. The highest BCUT2D eigenvalue weighted by molar-refractivity contribution is 7.99. The van der Waals surface area contributed by atoms with E-state index in [0.29, 0.717) is 45.4 Å². The largest absolute Gasteiger partial charge is 0.416 e. The van der Waals surface area contributed by atoms with E-state index in [0.717, 1.165) is 52.0 Å². The number of carbonyl (C=O) groups excluding carboxylic acids is 1. The minimum absolute atomic E-state index is 0.0228. The van der Waals surface area contributed by atoms with Crippen LogP contribution >= 0.6 is 23.4 Å². The van der Waals surface area contributed by atoms with Gasteiger partial charge in [0.15, 0.2) is 8.32 Å². The summed E-state index contributed by atoms with van der Waals surface area (Å²) >= 11 is 7.68. The van der Waals surface area contributed by atoms with E-state index in [4.69, 9.17) is 16.0 Å². The minimum Gasteiger partial charge on any atom is -0.416 e. The van der Waals surface area contributed by atoms with E-state index in [1.807, 2.05) is 0 Å². The number of thioether (sulfide) groups is 1. The molecule has 7 rings (SSSR count). The number of likely N-dealkylation sites (N-methyl/N-ethyl adjacent to an activating group) is 1. The molecule has 1 aromatic carbocycles. The van der Waals surface area contributed by atoms with Crippen molar-refractivity contribution in [2.24, 2.45) is 10.8 Å². The Morgan fingerprint density at radius 2 is 1.77 bits per heavy atom. The quantitative estimate of drug-likeness (QED) is 0.117. The van der Waals surface area contributed by atoms with Crippen molar-refractivity contribution in [1.29, 1.82) is 0 Å². The van der Waals surface area contributed by atoms with E-state index in [9.17, 15) is 9.18 Å². The zero-order valence-corrected chi connectivity index (χ0v) is 31.3. The third-order valence-corrected chi connectivity index (χ3v) is 16.2. The molecule has 0 spiro atoms. The molecule has 10 nitrogen and oxygen atoms in total. The van der Waals surface area contributed by atoms with E-state index in [1.54, 1.807) is 12.1 Å². The number of hydrogen-bond donors (Lipinski definition) is 2. The molecule has 2 aromatic heterocycles. The Labute approximate surface area is 293 Å². The summed E-state index contributed by atoms with van der Waals surface area (Å²) < 4.78 is 21.2. The van der Waals surface area contributed by atoms with Crippen LogP contribution in [0.2, 0.25) is 23.2 Å². The normalized spacial score (nSPS) is 22.9. The Bertz CT molecular complexity index is 1650. The Hall–Kier alpha value is -2.68.